The van der Waals surface area contributed by atoms with Crippen LogP contribution in [-0.2, 0) is 0 Å². The molecule has 0 fully saturated rings. The van der Waals surface area contributed by atoms with Gasteiger partial charge in [0.05, 0.1) is 0 Å². The summed E-state index contributed by atoms with van der Waals surface area (Å²) in [5.41, 5.74) is 1.87. The first-order valence-electron chi connectivity index (χ1n) is 3.77. The molecule has 1 atom stereocenters. The molecule has 0 bridgehead atoms. The first-order chi connectivity index (χ1) is 5.79. The molecule has 0 radical (unpaired) electrons. The second kappa shape index (κ2) is 2.62. The lowest BCUT2D eigenvalue weighted by atomic mass is 10.0. The minimum atomic E-state index is -0.716. The highest BCUT2D eigenvalue weighted by atomic mass is 16.3. The molecule has 0 aliphatic carbocycles. The van der Waals surface area contributed by atoms with Crippen LogP contribution in [0.1, 0.15) is 17.4 Å². The second-order valence-corrected chi connectivity index (χ2v) is 2.77. The molecule has 3 nitrogen and oxygen atoms in total. The van der Waals surface area contributed by atoms with Crippen molar-refractivity contribution < 1.29 is 5.11 Å². The van der Waals surface area contributed by atoms with Crippen LogP contribution in [-0.4, -0.2) is 10.1 Å². The summed E-state index contributed by atoms with van der Waals surface area (Å²) in [6.45, 7) is 0. The summed E-state index contributed by atoms with van der Waals surface area (Å²) in [6, 6.07) is 7.63. The van der Waals surface area contributed by atoms with E-state index in [1.807, 2.05) is 30.3 Å². The van der Waals surface area contributed by atoms with Gasteiger partial charge in [0.1, 0.15) is 0 Å². The molecule has 0 amide bonds. The lowest BCUT2D eigenvalue weighted by Crippen LogP contribution is -2.32. The molecule has 0 saturated carbocycles. The van der Waals surface area contributed by atoms with E-state index in [0.29, 0.717) is 0 Å². The molecule has 1 unspecified atom stereocenters. The Morgan fingerprint density at radius 1 is 1.33 bits per heavy atom. The first kappa shape index (κ1) is 7.34. The lowest BCUT2D eigenvalue weighted by Gasteiger charge is -2.26. The smallest absolute Gasteiger partial charge is 0.166 e. The van der Waals surface area contributed by atoms with E-state index >= 15 is 0 Å². The molecule has 62 valence electrons. The summed E-state index contributed by atoms with van der Waals surface area (Å²) in [7, 11) is 0. The molecule has 2 rings (SSSR count). The van der Waals surface area contributed by atoms with Crippen LogP contribution < -0.4 is 5.84 Å². The maximum absolute atomic E-state index is 9.58. The largest absolute Gasteiger partial charge is 0.368 e. The van der Waals surface area contributed by atoms with E-state index in [-0.39, 0.29) is 0 Å². The number of nitrogens with zero attached hydrogens (tertiary/aromatic N) is 1. The van der Waals surface area contributed by atoms with Crippen LogP contribution in [0.3, 0.4) is 0 Å². The van der Waals surface area contributed by atoms with Crippen LogP contribution in [0.15, 0.2) is 30.5 Å². The van der Waals surface area contributed by atoms with Gasteiger partial charge < -0.3 is 5.11 Å². The highest BCUT2D eigenvalue weighted by Gasteiger charge is 2.17. The molecular formula is C9H10N2O. The Balaban J connectivity index is 2.52. The standard InChI is InChI=1S/C9H10N2O/c10-11-6-5-7-3-1-2-4-8(7)9(11)12/h1-6,9,12H,10H2. The zero-order chi connectivity index (χ0) is 8.55. The average molecular weight is 162 g/mol. The van der Waals surface area contributed by atoms with Gasteiger partial charge in [0.25, 0.3) is 0 Å². The zero-order valence-electron chi connectivity index (χ0n) is 6.51. The van der Waals surface area contributed by atoms with E-state index in [4.69, 9.17) is 5.84 Å². The van der Waals surface area contributed by atoms with Crippen molar-refractivity contribution in [2.45, 2.75) is 6.23 Å². The number of hydrazine groups is 1. The maximum Gasteiger partial charge on any atom is 0.166 e. The fourth-order valence-corrected chi connectivity index (χ4v) is 1.31. The van der Waals surface area contributed by atoms with Crippen molar-refractivity contribution in [2.75, 3.05) is 0 Å². The first-order valence-corrected chi connectivity index (χ1v) is 3.77. The number of aliphatic hydroxyl groups excluding tert-OH is 1. The number of hydrogen-bond donors (Lipinski definition) is 2. The molecule has 3 N–H and O–H groups in total. The van der Waals surface area contributed by atoms with Crippen molar-refractivity contribution in [3.05, 3.63) is 41.6 Å². The van der Waals surface area contributed by atoms with Crippen molar-refractivity contribution in [1.29, 1.82) is 0 Å². The highest BCUT2D eigenvalue weighted by Crippen LogP contribution is 2.24. The molecule has 1 aromatic rings. The Hall–Kier alpha value is -1.32. The van der Waals surface area contributed by atoms with Crippen molar-refractivity contribution >= 4 is 6.08 Å². The van der Waals surface area contributed by atoms with E-state index in [0.717, 1.165) is 11.1 Å². The monoisotopic (exact) mass is 162 g/mol. The Labute approximate surface area is 70.7 Å². The fraction of sp³-hybridized carbons (Fsp3) is 0.111. The number of rotatable bonds is 0. The minimum absolute atomic E-state index is 0.716. The molecule has 3 heteroatoms. The fourth-order valence-electron chi connectivity index (χ4n) is 1.31. The van der Waals surface area contributed by atoms with Crippen LogP contribution in [0.25, 0.3) is 6.08 Å². The molecule has 1 aromatic carbocycles. The third kappa shape index (κ3) is 0.995. The molecule has 1 aliphatic heterocycles. The van der Waals surface area contributed by atoms with Gasteiger partial charge in [-0.1, -0.05) is 24.3 Å². The minimum Gasteiger partial charge on any atom is -0.368 e. The van der Waals surface area contributed by atoms with Crippen LogP contribution in [0.4, 0.5) is 0 Å². The topological polar surface area (TPSA) is 49.5 Å². The van der Waals surface area contributed by atoms with E-state index in [2.05, 4.69) is 0 Å². The van der Waals surface area contributed by atoms with E-state index < -0.39 is 6.23 Å². The van der Waals surface area contributed by atoms with Crippen LogP contribution in [0.5, 0.6) is 0 Å². The Kier molecular flexibility index (Phi) is 1.60. The predicted molar refractivity (Wildman–Crippen MR) is 46.5 cm³/mol. The molecule has 0 saturated heterocycles. The third-order valence-electron chi connectivity index (χ3n) is 1.98. The molecule has 0 aromatic heterocycles. The summed E-state index contributed by atoms with van der Waals surface area (Å²) in [5, 5.41) is 10.9. The zero-order valence-corrected chi connectivity index (χ0v) is 6.51. The third-order valence-corrected chi connectivity index (χ3v) is 1.98. The van der Waals surface area contributed by atoms with Crippen molar-refractivity contribution in [1.82, 2.24) is 5.01 Å². The molecule has 12 heavy (non-hydrogen) atoms. The number of nitrogens with two attached hydrogens (primary N) is 1. The molecule has 1 aliphatic rings. The number of hydrogen-bond acceptors (Lipinski definition) is 3. The summed E-state index contributed by atoms with van der Waals surface area (Å²) in [6.07, 6.45) is 2.82. The molecule has 0 spiro atoms. The van der Waals surface area contributed by atoms with Crippen LogP contribution in [0.2, 0.25) is 0 Å². The summed E-state index contributed by atoms with van der Waals surface area (Å²) in [4.78, 5) is 0. The lowest BCUT2D eigenvalue weighted by molar-refractivity contribution is 0.0346. The summed E-state index contributed by atoms with van der Waals surface area (Å²) >= 11 is 0. The highest BCUT2D eigenvalue weighted by molar-refractivity contribution is 5.56. The summed E-state index contributed by atoms with van der Waals surface area (Å²) < 4.78 is 0. The van der Waals surface area contributed by atoms with Crippen LogP contribution in [0, 0.1) is 0 Å². The number of fused-ring (bicyclic) bond motifs is 1. The van der Waals surface area contributed by atoms with Gasteiger partial charge in [-0.3, -0.25) is 5.01 Å². The van der Waals surface area contributed by atoms with Gasteiger partial charge in [-0.2, -0.15) is 0 Å². The molecular weight excluding hydrogens is 152 g/mol. The van der Waals surface area contributed by atoms with Gasteiger partial charge in [0, 0.05) is 11.8 Å². The second-order valence-electron chi connectivity index (χ2n) is 2.77. The number of benzene rings is 1. The van der Waals surface area contributed by atoms with Crippen molar-refractivity contribution in [2.24, 2.45) is 5.84 Å². The molecule has 1 heterocycles. The van der Waals surface area contributed by atoms with E-state index in [1.165, 1.54) is 5.01 Å². The number of aliphatic hydroxyl groups is 1. The SMILES string of the molecule is NN1C=Cc2ccccc2C1O. The summed E-state index contributed by atoms with van der Waals surface area (Å²) in [5.74, 6) is 5.49. The maximum atomic E-state index is 9.58. The van der Waals surface area contributed by atoms with Gasteiger partial charge in [-0.25, -0.2) is 5.84 Å². The quantitative estimate of drug-likeness (QED) is 0.556. The van der Waals surface area contributed by atoms with Crippen LogP contribution >= 0.6 is 0 Å². The normalized spacial score (nSPS) is 20.8. The van der Waals surface area contributed by atoms with E-state index in [1.54, 1.807) is 6.20 Å². The Morgan fingerprint density at radius 2 is 2.08 bits per heavy atom. The predicted octanol–water partition coefficient (Wildman–Crippen LogP) is 0.838. The van der Waals surface area contributed by atoms with Gasteiger partial charge in [0.2, 0.25) is 0 Å². The Bertz CT molecular complexity index is 322. The Morgan fingerprint density at radius 3 is 2.92 bits per heavy atom. The van der Waals surface area contributed by atoms with Gasteiger partial charge >= 0.3 is 0 Å². The van der Waals surface area contributed by atoms with Crippen molar-refractivity contribution in [3.8, 4) is 0 Å². The van der Waals surface area contributed by atoms with E-state index in [9.17, 15) is 5.11 Å². The van der Waals surface area contributed by atoms with Gasteiger partial charge in [0.15, 0.2) is 6.23 Å². The van der Waals surface area contributed by atoms with Crippen molar-refractivity contribution in [3.63, 3.8) is 0 Å². The average Bonchev–Trinajstić information content (AvgIpc) is 2.12. The van der Waals surface area contributed by atoms with Gasteiger partial charge in [-0.05, 0) is 11.6 Å². The van der Waals surface area contributed by atoms with Gasteiger partial charge in [-0.15, -0.1) is 0 Å².